The van der Waals surface area contributed by atoms with Crippen molar-refractivity contribution in [2.45, 2.75) is 39.2 Å². The molecule has 0 saturated heterocycles. The zero-order valence-corrected chi connectivity index (χ0v) is 15.0. The molecule has 0 heterocycles. The maximum Gasteiger partial charge on any atom is 0.221 e. The maximum absolute atomic E-state index is 12.1. The molecule has 5 nitrogen and oxygen atoms in total. The number of amides is 1. The Morgan fingerprint density at radius 3 is 2.52 bits per heavy atom. The second kappa shape index (κ2) is 10.1. The zero-order valence-electron chi connectivity index (χ0n) is 15.0. The van der Waals surface area contributed by atoms with E-state index in [9.17, 15) is 4.79 Å². The fourth-order valence-corrected chi connectivity index (χ4v) is 2.35. The Balaban J connectivity index is 2.52. The minimum atomic E-state index is -0.0664. The molecule has 1 unspecified atom stereocenters. The molecule has 1 amide bonds. The molecule has 0 aromatic heterocycles. The third-order valence-corrected chi connectivity index (χ3v) is 3.90. The van der Waals surface area contributed by atoms with E-state index >= 15 is 0 Å². The van der Waals surface area contributed by atoms with Crippen molar-refractivity contribution >= 4 is 5.91 Å². The van der Waals surface area contributed by atoms with E-state index in [0.29, 0.717) is 17.9 Å². The molecular formula is C18H30N2O3. The topological polar surface area (TPSA) is 50.8 Å². The number of rotatable bonds is 10. The summed E-state index contributed by atoms with van der Waals surface area (Å²) in [7, 11) is 5.27. The number of nitrogens with one attached hydrogen (secondary N) is 1. The van der Waals surface area contributed by atoms with Gasteiger partial charge >= 0.3 is 0 Å². The summed E-state index contributed by atoms with van der Waals surface area (Å²) in [6.07, 6.45) is 2.85. The highest BCUT2D eigenvalue weighted by atomic mass is 16.5. The van der Waals surface area contributed by atoms with Gasteiger partial charge in [-0.3, -0.25) is 4.79 Å². The van der Waals surface area contributed by atoms with Crippen molar-refractivity contribution in [3.63, 3.8) is 0 Å². The van der Waals surface area contributed by atoms with Crippen LogP contribution in [0.25, 0.3) is 0 Å². The van der Waals surface area contributed by atoms with Crippen LogP contribution in [-0.4, -0.2) is 45.2 Å². The number of nitrogens with zero attached hydrogens (tertiary/aromatic N) is 1. The lowest BCUT2D eigenvalue weighted by molar-refractivity contribution is -0.122. The predicted octanol–water partition coefficient (Wildman–Crippen LogP) is 3.00. The van der Waals surface area contributed by atoms with Crippen molar-refractivity contribution in [3.8, 4) is 11.5 Å². The summed E-state index contributed by atoms with van der Waals surface area (Å²) < 4.78 is 10.5. The van der Waals surface area contributed by atoms with Gasteiger partial charge in [-0.25, -0.2) is 0 Å². The number of hydrogen-bond acceptors (Lipinski definition) is 4. The molecule has 130 valence electrons. The molecule has 23 heavy (non-hydrogen) atoms. The van der Waals surface area contributed by atoms with Crippen LogP contribution in [0.5, 0.6) is 11.5 Å². The molecule has 0 aliphatic heterocycles. The second-order valence-corrected chi connectivity index (χ2v) is 5.81. The van der Waals surface area contributed by atoms with Crippen molar-refractivity contribution in [2.24, 2.45) is 0 Å². The van der Waals surface area contributed by atoms with Crippen LogP contribution >= 0.6 is 0 Å². The van der Waals surface area contributed by atoms with Gasteiger partial charge in [-0.1, -0.05) is 19.4 Å². The molecule has 1 aromatic carbocycles. The van der Waals surface area contributed by atoms with Crippen molar-refractivity contribution in [3.05, 3.63) is 23.8 Å². The third-order valence-electron chi connectivity index (χ3n) is 3.90. The van der Waals surface area contributed by atoms with E-state index in [1.807, 2.05) is 25.1 Å². The van der Waals surface area contributed by atoms with E-state index < -0.39 is 0 Å². The first-order valence-electron chi connectivity index (χ1n) is 8.21. The average Bonchev–Trinajstić information content (AvgIpc) is 2.57. The predicted molar refractivity (Wildman–Crippen MR) is 93.1 cm³/mol. The summed E-state index contributed by atoms with van der Waals surface area (Å²) in [5, 5.41) is 3.03. The van der Waals surface area contributed by atoms with Crippen LogP contribution < -0.4 is 14.8 Å². The second-order valence-electron chi connectivity index (χ2n) is 5.81. The number of carbonyl (C=O) groups excluding carboxylic acids is 1. The average molecular weight is 322 g/mol. The molecule has 5 heteroatoms. The van der Waals surface area contributed by atoms with E-state index in [4.69, 9.17) is 9.47 Å². The molecule has 0 aliphatic rings. The highest BCUT2D eigenvalue weighted by molar-refractivity contribution is 5.76. The van der Waals surface area contributed by atoms with Gasteiger partial charge in [0.2, 0.25) is 5.91 Å². The van der Waals surface area contributed by atoms with Crippen LogP contribution in [0.1, 0.15) is 44.7 Å². The molecule has 0 aliphatic carbocycles. The van der Waals surface area contributed by atoms with Crippen LogP contribution in [0.4, 0.5) is 0 Å². The van der Waals surface area contributed by atoms with Gasteiger partial charge in [-0.2, -0.15) is 0 Å². The third kappa shape index (κ3) is 6.48. The summed E-state index contributed by atoms with van der Waals surface area (Å²) in [5.74, 6) is 1.42. The SMILES string of the molecule is CCCCN(C)CCC(=O)NC(C)c1ccc(OC)c(OC)c1. The standard InChI is InChI=1S/C18H30N2O3/c1-6-7-11-20(3)12-10-18(21)19-14(2)15-8-9-16(22-4)17(13-15)23-5/h8-9,13-14H,6-7,10-12H2,1-5H3,(H,19,21). The first kappa shape index (κ1) is 19.3. The van der Waals surface area contributed by atoms with Gasteiger partial charge in [0.25, 0.3) is 0 Å². The van der Waals surface area contributed by atoms with Gasteiger partial charge in [0, 0.05) is 13.0 Å². The van der Waals surface area contributed by atoms with E-state index in [1.165, 1.54) is 12.8 Å². The van der Waals surface area contributed by atoms with Crippen LogP contribution in [0.3, 0.4) is 0 Å². The van der Waals surface area contributed by atoms with Crippen LogP contribution in [0.15, 0.2) is 18.2 Å². The number of benzene rings is 1. The molecule has 0 fully saturated rings. The van der Waals surface area contributed by atoms with Crippen molar-refractivity contribution in [2.75, 3.05) is 34.4 Å². The lowest BCUT2D eigenvalue weighted by Crippen LogP contribution is -2.31. The summed E-state index contributed by atoms with van der Waals surface area (Å²) >= 11 is 0. The van der Waals surface area contributed by atoms with Crippen molar-refractivity contribution in [1.29, 1.82) is 0 Å². The number of hydrogen-bond donors (Lipinski definition) is 1. The monoisotopic (exact) mass is 322 g/mol. The summed E-state index contributed by atoms with van der Waals surface area (Å²) in [5.41, 5.74) is 0.996. The molecule has 1 rings (SSSR count). The molecule has 1 N–H and O–H groups in total. The lowest BCUT2D eigenvalue weighted by atomic mass is 10.1. The highest BCUT2D eigenvalue weighted by Gasteiger charge is 2.13. The largest absolute Gasteiger partial charge is 0.493 e. The minimum absolute atomic E-state index is 0.0654. The van der Waals surface area contributed by atoms with Gasteiger partial charge in [0.15, 0.2) is 11.5 Å². The smallest absolute Gasteiger partial charge is 0.221 e. The molecule has 0 saturated carbocycles. The number of methoxy groups -OCH3 is 2. The molecular weight excluding hydrogens is 292 g/mol. The molecule has 0 radical (unpaired) electrons. The van der Waals surface area contributed by atoms with Gasteiger partial charge < -0.3 is 19.7 Å². The molecule has 0 spiro atoms. The zero-order chi connectivity index (χ0) is 17.2. The van der Waals surface area contributed by atoms with Crippen molar-refractivity contribution < 1.29 is 14.3 Å². The number of ether oxygens (including phenoxy) is 2. The van der Waals surface area contributed by atoms with Crippen LogP contribution in [0.2, 0.25) is 0 Å². The fourth-order valence-electron chi connectivity index (χ4n) is 2.35. The molecule has 1 aromatic rings. The first-order valence-corrected chi connectivity index (χ1v) is 8.21. The Labute approximate surface area is 140 Å². The van der Waals surface area contributed by atoms with Gasteiger partial charge in [-0.05, 0) is 44.6 Å². The Kier molecular flexibility index (Phi) is 8.48. The molecule has 0 bridgehead atoms. The van der Waals surface area contributed by atoms with Gasteiger partial charge in [0.05, 0.1) is 20.3 Å². The Morgan fingerprint density at radius 1 is 1.22 bits per heavy atom. The minimum Gasteiger partial charge on any atom is -0.493 e. The highest BCUT2D eigenvalue weighted by Crippen LogP contribution is 2.29. The van der Waals surface area contributed by atoms with E-state index in [0.717, 1.165) is 18.7 Å². The quantitative estimate of drug-likeness (QED) is 0.719. The fraction of sp³-hybridized carbons (Fsp3) is 0.611. The summed E-state index contributed by atoms with van der Waals surface area (Å²) in [4.78, 5) is 14.3. The normalized spacial score (nSPS) is 12.1. The van der Waals surface area contributed by atoms with E-state index in [1.54, 1.807) is 14.2 Å². The number of unbranched alkanes of at least 4 members (excludes halogenated alkanes) is 1. The Morgan fingerprint density at radius 2 is 1.91 bits per heavy atom. The van der Waals surface area contributed by atoms with Gasteiger partial charge in [0.1, 0.15) is 0 Å². The summed E-state index contributed by atoms with van der Waals surface area (Å²) in [6, 6.07) is 5.63. The Bertz CT molecular complexity index is 491. The van der Waals surface area contributed by atoms with Crippen LogP contribution in [-0.2, 0) is 4.79 Å². The maximum atomic E-state index is 12.1. The Hall–Kier alpha value is -1.75. The first-order chi connectivity index (χ1) is 11.0. The summed E-state index contributed by atoms with van der Waals surface area (Å²) in [6.45, 7) is 5.96. The lowest BCUT2D eigenvalue weighted by Gasteiger charge is -2.19. The van der Waals surface area contributed by atoms with Crippen molar-refractivity contribution in [1.82, 2.24) is 10.2 Å². The number of carbonyl (C=O) groups is 1. The van der Waals surface area contributed by atoms with E-state index in [2.05, 4.69) is 24.2 Å². The molecule has 1 atom stereocenters. The van der Waals surface area contributed by atoms with Gasteiger partial charge in [-0.15, -0.1) is 0 Å². The van der Waals surface area contributed by atoms with E-state index in [-0.39, 0.29) is 11.9 Å². The van der Waals surface area contributed by atoms with Crippen LogP contribution in [0, 0.1) is 0 Å².